The number of nitrogens with two attached hydrogens (primary N) is 1. The van der Waals surface area contributed by atoms with Gasteiger partial charge in [-0.1, -0.05) is 0 Å². The van der Waals surface area contributed by atoms with Crippen LogP contribution in [0.1, 0.15) is 28.9 Å². The first-order valence-electron chi connectivity index (χ1n) is 7.03. The van der Waals surface area contributed by atoms with Crippen molar-refractivity contribution in [3.05, 3.63) is 20.8 Å². The van der Waals surface area contributed by atoms with Gasteiger partial charge in [-0.25, -0.2) is 0 Å². The van der Waals surface area contributed by atoms with Crippen molar-refractivity contribution >= 4 is 51.5 Å². The summed E-state index contributed by atoms with van der Waals surface area (Å²) >= 11 is 4.71. The molecule has 1 aliphatic heterocycles. The molecule has 2 N–H and O–H groups in total. The quantitative estimate of drug-likeness (QED) is 0.828. The SMILES string of the molecule is CN(CC(=O)N1CCCCC1CN)C(=O)c1ccc(Br)s1.Cl. The Hall–Kier alpha value is -0.630. The van der Waals surface area contributed by atoms with Crippen molar-refractivity contribution in [2.45, 2.75) is 25.3 Å². The third-order valence-electron chi connectivity index (χ3n) is 3.72. The van der Waals surface area contributed by atoms with E-state index in [1.165, 1.54) is 16.2 Å². The molecule has 1 unspecified atom stereocenters. The number of rotatable bonds is 4. The van der Waals surface area contributed by atoms with Crippen molar-refractivity contribution in [1.29, 1.82) is 0 Å². The third kappa shape index (κ3) is 4.68. The van der Waals surface area contributed by atoms with Crippen LogP contribution in [0.5, 0.6) is 0 Å². The van der Waals surface area contributed by atoms with Gasteiger partial charge in [0, 0.05) is 26.2 Å². The standard InChI is InChI=1S/C14H20BrN3O2S.ClH/c1-17(14(20)11-5-6-12(15)21-11)9-13(19)18-7-3-2-4-10(18)8-16;/h5-6,10H,2-4,7-9,16H2,1H3;1H. The number of likely N-dealkylation sites (tertiary alicyclic amines) is 1. The van der Waals surface area contributed by atoms with Gasteiger partial charge < -0.3 is 15.5 Å². The summed E-state index contributed by atoms with van der Waals surface area (Å²) in [5.74, 6) is -0.142. The van der Waals surface area contributed by atoms with Gasteiger partial charge in [-0.05, 0) is 47.3 Å². The van der Waals surface area contributed by atoms with Gasteiger partial charge in [-0.3, -0.25) is 9.59 Å². The summed E-state index contributed by atoms with van der Waals surface area (Å²) in [6.07, 6.45) is 3.08. The van der Waals surface area contributed by atoms with Crippen LogP contribution in [0.3, 0.4) is 0 Å². The molecule has 22 heavy (non-hydrogen) atoms. The number of thiophene rings is 1. The second kappa shape index (κ2) is 8.86. The molecular weight excluding hydrogens is 390 g/mol. The van der Waals surface area contributed by atoms with Gasteiger partial charge >= 0.3 is 0 Å². The lowest BCUT2D eigenvalue weighted by Gasteiger charge is -2.36. The average Bonchev–Trinajstić information content (AvgIpc) is 2.92. The number of amides is 2. The largest absolute Gasteiger partial charge is 0.337 e. The maximum atomic E-state index is 12.4. The Kier molecular flexibility index (Phi) is 7.82. The zero-order chi connectivity index (χ0) is 15.4. The number of halogens is 2. The van der Waals surface area contributed by atoms with Crippen LogP contribution in [0.2, 0.25) is 0 Å². The Morgan fingerprint density at radius 1 is 1.45 bits per heavy atom. The first-order chi connectivity index (χ1) is 10.0. The molecule has 5 nitrogen and oxygen atoms in total. The number of piperidine rings is 1. The van der Waals surface area contributed by atoms with E-state index >= 15 is 0 Å². The number of nitrogens with zero attached hydrogens (tertiary/aromatic N) is 2. The molecule has 1 aromatic rings. The first kappa shape index (κ1) is 19.4. The number of carbonyl (C=O) groups excluding carboxylic acids is 2. The lowest BCUT2D eigenvalue weighted by atomic mass is 10.0. The molecule has 0 aromatic carbocycles. The molecule has 2 heterocycles. The van der Waals surface area contributed by atoms with Gasteiger partial charge in [0.1, 0.15) is 0 Å². The molecule has 1 aromatic heterocycles. The summed E-state index contributed by atoms with van der Waals surface area (Å²) in [6, 6.07) is 3.72. The number of hydrogen-bond acceptors (Lipinski definition) is 4. The normalized spacial score (nSPS) is 17.8. The van der Waals surface area contributed by atoms with Gasteiger partial charge in [0.2, 0.25) is 5.91 Å². The summed E-state index contributed by atoms with van der Waals surface area (Å²) in [5.41, 5.74) is 5.74. The van der Waals surface area contributed by atoms with E-state index in [9.17, 15) is 9.59 Å². The molecule has 2 rings (SSSR count). The molecule has 1 atom stereocenters. The molecule has 124 valence electrons. The number of hydrogen-bond donors (Lipinski definition) is 1. The molecule has 1 saturated heterocycles. The maximum absolute atomic E-state index is 12.4. The minimum absolute atomic E-state index is 0. The molecule has 2 amide bonds. The topological polar surface area (TPSA) is 66.6 Å². The number of carbonyl (C=O) groups is 2. The Balaban J connectivity index is 0.00000242. The smallest absolute Gasteiger partial charge is 0.264 e. The average molecular weight is 411 g/mol. The highest BCUT2D eigenvalue weighted by atomic mass is 79.9. The van der Waals surface area contributed by atoms with Crippen molar-refractivity contribution in [1.82, 2.24) is 9.80 Å². The van der Waals surface area contributed by atoms with E-state index in [1.54, 1.807) is 13.1 Å². The highest BCUT2D eigenvalue weighted by Gasteiger charge is 2.27. The van der Waals surface area contributed by atoms with Gasteiger partial charge in [0.05, 0.1) is 15.2 Å². The Labute approximate surface area is 149 Å². The van der Waals surface area contributed by atoms with Crippen LogP contribution in [-0.2, 0) is 4.79 Å². The predicted molar refractivity (Wildman–Crippen MR) is 94.6 cm³/mol. The van der Waals surface area contributed by atoms with Gasteiger partial charge in [-0.15, -0.1) is 23.7 Å². The number of likely N-dealkylation sites (N-methyl/N-ethyl adjacent to an activating group) is 1. The maximum Gasteiger partial charge on any atom is 0.264 e. The molecule has 8 heteroatoms. The zero-order valence-electron chi connectivity index (χ0n) is 12.5. The molecule has 0 radical (unpaired) electrons. The van der Waals surface area contributed by atoms with E-state index in [0.29, 0.717) is 11.4 Å². The highest BCUT2D eigenvalue weighted by Crippen LogP contribution is 2.23. The summed E-state index contributed by atoms with van der Waals surface area (Å²) in [7, 11) is 1.66. The van der Waals surface area contributed by atoms with Crippen molar-refractivity contribution in [3.63, 3.8) is 0 Å². The second-order valence-electron chi connectivity index (χ2n) is 5.24. The molecule has 0 spiro atoms. The third-order valence-corrected chi connectivity index (χ3v) is 5.33. The summed E-state index contributed by atoms with van der Waals surface area (Å²) < 4.78 is 0.907. The fourth-order valence-corrected chi connectivity index (χ4v) is 3.94. The lowest BCUT2D eigenvalue weighted by molar-refractivity contribution is -0.135. The van der Waals surface area contributed by atoms with Crippen molar-refractivity contribution in [2.75, 3.05) is 26.7 Å². The van der Waals surface area contributed by atoms with Crippen LogP contribution < -0.4 is 5.73 Å². The van der Waals surface area contributed by atoms with Crippen molar-refractivity contribution < 1.29 is 9.59 Å². The van der Waals surface area contributed by atoms with E-state index < -0.39 is 0 Å². The highest BCUT2D eigenvalue weighted by molar-refractivity contribution is 9.11. The summed E-state index contributed by atoms with van der Waals surface area (Å²) in [6.45, 7) is 1.33. The zero-order valence-corrected chi connectivity index (χ0v) is 15.7. The molecule has 0 bridgehead atoms. The monoisotopic (exact) mass is 409 g/mol. The minimum Gasteiger partial charge on any atom is -0.337 e. The Morgan fingerprint density at radius 3 is 2.77 bits per heavy atom. The van der Waals surface area contributed by atoms with Crippen LogP contribution in [-0.4, -0.2) is 54.3 Å². The van der Waals surface area contributed by atoms with E-state index in [2.05, 4.69) is 15.9 Å². The fourth-order valence-electron chi connectivity index (χ4n) is 2.56. The van der Waals surface area contributed by atoms with Crippen LogP contribution in [0.4, 0.5) is 0 Å². The second-order valence-corrected chi connectivity index (χ2v) is 7.70. The van der Waals surface area contributed by atoms with E-state index in [-0.39, 0.29) is 36.8 Å². The summed E-state index contributed by atoms with van der Waals surface area (Å²) in [4.78, 5) is 28.6. The lowest BCUT2D eigenvalue weighted by Crippen LogP contribution is -2.50. The first-order valence-corrected chi connectivity index (χ1v) is 8.64. The molecule has 1 fully saturated rings. The van der Waals surface area contributed by atoms with Crippen LogP contribution >= 0.6 is 39.7 Å². The van der Waals surface area contributed by atoms with Crippen LogP contribution in [0.15, 0.2) is 15.9 Å². The minimum atomic E-state index is -0.125. The molecular formula is C14H21BrClN3O2S. The van der Waals surface area contributed by atoms with Crippen LogP contribution in [0, 0.1) is 0 Å². The van der Waals surface area contributed by atoms with Crippen molar-refractivity contribution in [3.8, 4) is 0 Å². The molecule has 0 saturated carbocycles. The van der Waals surface area contributed by atoms with Crippen LogP contribution in [0.25, 0.3) is 0 Å². The van der Waals surface area contributed by atoms with Gasteiger partial charge in [0.15, 0.2) is 0 Å². The van der Waals surface area contributed by atoms with E-state index in [0.717, 1.165) is 29.6 Å². The fraction of sp³-hybridized carbons (Fsp3) is 0.571. The van der Waals surface area contributed by atoms with Gasteiger partial charge in [-0.2, -0.15) is 0 Å². The van der Waals surface area contributed by atoms with E-state index in [1.807, 2.05) is 11.0 Å². The molecule has 1 aliphatic rings. The Bertz CT molecular complexity index is 526. The van der Waals surface area contributed by atoms with Crippen molar-refractivity contribution in [2.24, 2.45) is 5.73 Å². The summed E-state index contributed by atoms with van der Waals surface area (Å²) in [5, 5.41) is 0. The Morgan fingerprint density at radius 2 is 2.18 bits per heavy atom. The van der Waals surface area contributed by atoms with E-state index in [4.69, 9.17) is 5.73 Å². The predicted octanol–water partition coefficient (Wildman–Crippen LogP) is 2.34. The van der Waals surface area contributed by atoms with Gasteiger partial charge in [0.25, 0.3) is 5.91 Å². The molecule has 0 aliphatic carbocycles.